The van der Waals surface area contributed by atoms with Crippen molar-refractivity contribution >= 4 is 0 Å². The van der Waals surface area contributed by atoms with E-state index in [4.69, 9.17) is 0 Å². The molecule has 0 amide bonds. The van der Waals surface area contributed by atoms with Crippen LogP contribution in [0.15, 0.2) is 24.3 Å². The molecular weight excluding hydrogens is 258 g/mol. The van der Waals surface area contributed by atoms with E-state index in [1.54, 1.807) is 0 Å². The van der Waals surface area contributed by atoms with E-state index in [1.165, 1.54) is 24.0 Å². The van der Waals surface area contributed by atoms with Gasteiger partial charge in [-0.2, -0.15) is 0 Å². The van der Waals surface area contributed by atoms with Crippen LogP contribution in [0.4, 0.5) is 0 Å². The fourth-order valence-electron chi connectivity index (χ4n) is 3.75. The maximum absolute atomic E-state index is 10.9. The van der Waals surface area contributed by atoms with Crippen molar-refractivity contribution in [3.8, 4) is 0 Å². The summed E-state index contributed by atoms with van der Waals surface area (Å²) in [4.78, 5) is 2.52. The van der Waals surface area contributed by atoms with Crippen LogP contribution in [0.1, 0.15) is 58.1 Å². The molecule has 1 aromatic rings. The van der Waals surface area contributed by atoms with Gasteiger partial charge in [0.15, 0.2) is 0 Å². The summed E-state index contributed by atoms with van der Waals surface area (Å²) < 4.78 is 0. The van der Waals surface area contributed by atoms with Gasteiger partial charge in [-0.15, -0.1) is 0 Å². The molecule has 0 bridgehead atoms. The Bertz CT molecular complexity index is 497. The molecule has 0 radical (unpaired) electrons. The molecule has 1 aliphatic carbocycles. The summed E-state index contributed by atoms with van der Waals surface area (Å²) in [6.45, 7) is 9.82. The molecule has 1 aromatic carbocycles. The highest BCUT2D eigenvalue weighted by Gasteiger charge is 2.45. The lowest BCUT2D eigenvalue weighted by atomic mass is 9.85. The molecule has 1 saturated heterocycles. The first-order valence-electron chi connectivity index (χ1n) is 8.34. The minimum atomic E-state index is -0.536. The predicted octanol–water partition coefficient (Wildman–Crippen LogP) is 3.51. The van der Waals surface area contributed by atoms with E-state index in [2.05, 4.69) is 56.9 Å². The van der Waals surface area contributed by atoms with E-state index in [1.807, 2.05) is 0 Å². The van der Waals surface area contributed by atoms with Crippen LogP contribution in [-0.2, 0) is 11.8 Å². The molecule has 2 aliphatic rings. The Labute approximate surface area is 129 Å². The monoisotopic (exact) mass is 287 g/mol. The van der Waals surface area contributed by atoms with E-state index in [0.29, 0.717) is 6.04 Å². The number of nitrogens with zero attached hydrogens (tertiary/aromatic N) is 1. The second kappa shape index (κ2) is 5.10. The summed E-state index contributed by atoms with van der Waals surface area (Å²) in [7, 11) is 0. The Balaban J connectivity index is 1.68. The van der Waals surface area contributed by atoms with Crippen LogP contribution >= 0.6 is 0 Å². The highest BCUT2D eigenvalue weighted by molar-refractivity contribution is 5.28. The zero-order valence-electron chi connectivity index (χ0n) is 13.9. The van der Waals surface area contributed by atoms with Crippen molar-refractivity contribution in [2.24, 2.45) is 0 Å². The van der Waals surface area contributed by atoms with Crippen molar-refractivity contribution in [3.63, 3.8) is 0 Å². The summed E-state index contributed by atoms with van der Waals surface area (Å²) >= 11 is 0. The maximum Gasteiger partial charge on any atom is 0.0829 e. The number of hydrogen-bond donors (Lipinski definition) is 1. The Kier molecular flexibility index (Phi) is 3.66. The van der Waals surface area contributed by atoms with Gasteiger partial charge >= 0.3 is 0 Å². The van der Waals surface area contributed by atoms with Crippen molar-refractivity contribution in [3.05, 3.63) is 35.4 Å². The zero-order chi connectivity index (χ0) is 15.3. The Morgan fingerprint density at radius 1 is 1.19 bits per heavy atom. The Hall–Kier alpha value is -0.860. The molecular formula is C19H29NO. The van der Waals surface area contributed by atoms with Crippen LogP contribution in [0.3, 0.4) is 0 Å². The van der Waals surface area contributed by atoms with Crippen molar-refractivity contribution in [1.82, 2.24) is 4.90 Å². The van der Waals surface area contributed by atoms with Crippen LogP contribution in [-0.4, -0.2) is 34.2 Å². The number of likely N-dealkylation sites (tertiary alicyclic amines) is 1. The first-order chi connectivity index (χ1) is 9.77. The lowest BCUT2D eigenvalue weighted by Gasteiger charge is -2.24. The maximum atomic E-state index is 10.9. The molecule has 0 aromatic heterocycles. The number of hydrogen-bond acceptors (Lipinski definition) is 2. The van der Waals surface area contributed by atoms with Crippen LogP contribution in [0.5, 0.6) is 0 Å². The van der Waals surface area contributed by atoms with Crippen LogP contribution in [0, 0.1) is 0 Å². The van der Waals surface area contributed by atoms with E-state index in [0.717, 1.165) is 25.4 Å². The Morgan fingerprint density at radius 2 is 1.81 bits per heavy atom. The van der Waals surface area contributed by atoms with E-state index < -0.39 is 5.60 Å². The molecule has 21 heavy (non-hydrogen) atoms. The smallest absolute Gasteiger partial charge is 0.0829 e. The normalized spacial score (nSPS) is 30.8. The minimum Gasteiger partial charge on any atom is -0.388 e. The van der Waals surface area contributed by atoms with E-state index in [9.17, 15) is 5.11 Å². The third kappa shape index (κ3) is 3.32. The van der Waals surface area contributed by atoms with Crippen molar-refractivity contribution < 1.29 is 5.11 Å². The lowest BCUT2D eigenvalue weighted by molar-refractivity contribution is 0.0487. The molecule has 0 spiro atoms. The first kappa shape index (κ1) is 15.1. The Morgan fingerprint density at radius 3 is 2.33 bits per heavy atom. The molecule has 2 unspecified atom stereocenters. The molecule has 1 aliphatic heterocycles. The van der Waals surface area contributed by atoms with Gasteiger partial charge in [0.1, 0.15) is 0 Å². The van der Waals surface area contributed by atoms with Crippen molar-refractivity contribution in [2.45, 2.75) is 76.5 Å². The highest BCUT2D eigenvalue weighted by Crippen LogP contribution is 2.38. The second-order valence-electron chi connectivity index (χ2n) is 8.30. The average Bonchev–Trinajstić information content (AvgIpc) is 3.15. The van der Waals surface area contributed by atoms with Gasteiger partial charge in [0.2, 0.25) is 0 Å². The van der Waals surface area contributed by atoms with Gasteiger partial charge in [-0.3, -0.25) is 4.90 Å². The summed E-state index contributed by atoms with van der Waals surface area (Å²) in [5, 5.41) is 10.9. The third-order valence-electron chi connectivity index (χ3n) is 5.09. The highest BCUT2D eigenvalue weighted by atomic mass is 16.3. The molecule has 2 nitrogen and oxygen atoms in total. The SMILES string of the molecule is CC1CC(O)(Cc2ccc(C(C)(C)C)cc2)CN1C1CC1. The van der Waals surface area contributed by atoms with Gasteiger partial charge in [-0.25, -0.2) is 0 Å². The molecule has 2 fully saturated rings. The number of benzene rings is 1. The van der Waals surface area contributed by atoms with Gasteiger partial charge in [-0.1, -0.05) is 45.0 Å². The number of β-amino-alcohol motifs (C(OH)–C–C–N with tert-alkyl or cyclic N) is 1. The quantitative estimate of drug-likeness (QED) is 0.919. The fourth-order valence-corrected chi connectivity index (χ4v) is 3.75. The molecule has 1 saturated carbocycles. The van der Waals surface area contributed by atoms with Gasteiger partial charge in [0.25, 0.3) is 0 Å². The summed E-state index contributed by atoms with van der Waals surface area (Å²) in [6.07, 6.45) is 4.33. The standard InChI is InChI=1S/C19H29NO/c1-14-11-19(21,13-20(14)17-9-10-17)12-15-5-7-16(8-6-15)18(2,3)4/h5-8,14,17,21H,9-13H2,1-4H3. The third-order valence-corrected chi connectivity index (χ3v) is 5.09. The predicted molar refractivity (Wildman–Crippen MR) is 87.6 cm³/mol. The van der Waals surface area contributed by atoms with E-state index in [-0.39, 0.29) is 5.41 Å². The van der Waals surface area contributed by atoms with Crippen LogP contribution in [0.25, 0.3) is 0 Å². The molecule has 3 rings (SSSR count). The first-order valence-corrected chi connectivity index (χ1v) is 8.34. The molecule has 2 heteroatoms. The average molecular weight is 287 g/mol. The van der Waals surface area contributed by atoms with E-state index >= 15 is 0 Å². The summed E-state index contributed by atoms with van der Waals surface area (Å²) in [5.74, 6) is 0. The largest absolute Gasteiger partial charge is 0.388 e. The summed E-state index contributed by atoms with van der Waals surface area (Å²) in [5.41, 5.74) is 2.28. The van der Waals surface area contributed by atoms with Gasteiger partial charge in [0, 0.05) is 25.0 Å². The van der Waals surface area contributed by atoms with Crippen LogP contribution in [0.2, 0.25) is 0 Å². The molecule has 116 valence electrons. The molecule has 2 atom stereocenters. The van der Waals surface area contributed by atoms with Gasteiger partial charge < -0.3 is 5.11 Å². The number of aliphatic hydroxyl groups is 1. The van der Waals surface area contributed by atoms with Crippen molar-refractivity contribution in [1.29, 1.82) is 0 Å². The number of rotatable bonds is 3. The molecule has 1 N–H and O–H groups in total. The van der Waals surface area contributed by atoms with Gasteiger partial charge in [0.05, 0.1) is 5.60 Å². The minimum absolute atomic E-state index is 0.195. The second-order valence-corrected chi connectivity index (χ2v) is 8.30. The summed E-state index contributed by atoms with van der Waals surface area (Å²) in [6, 6.07) is 10.1. The zero-order valence-corrected chi connectivity index (χ0v) is 13.9. The topological polar surface area (TPSA) is 23.5 Å². The van der Waals surface area contributed by atoms with Crippen molar-refractivity contribution in [2.75, 3.05) is 6.54 Å². The lowest BCUT2D eigenvalue weighted by Crippen LogP contribution is -2.36. The fraction of sp³-hybridized carbons (Fsp3) is 0.684. The molecule has 1 heterocycles. The van der Waals surface area contributed by atoms with Gasteiger partial charge in [-0.05, 0) is 42.7 Å². The van der Waals surface area contributed by atoms with Crippen LogP contribution < -0.4 is 0 Å².